The van der Waals surface area contributed by atoms with E-state index in [1.807, 2.05) is 13.2 Å². The van der Waals surface area contributed by atoms with Crippen LogP contribution in [0.4, 0.5) is 5.13 Å². The van der Waals surface area contributed by atoms with Crippen LogP contribution in [0, 0.1) is 16.7 Å². The first kappa shape index (κ1) is 27.8. The number of carbonyl (C=O) groups is 2. The molecule has 11 heteroatoms. The Morgan fingerprint density at radius 2 is 2.03 bits per heavy atom. The smallest absolute Gasteiger partial charge is 0.236 e. The summed E-state index contributed by atoms with van der Waals surface area (Å²) in [4.78, 5) is 33.6. The van der Waals surface area contributed by atoms with Gasteiger partial charge in [0.2, 0.25) is 11.8 Å². The summed E-state index contributed by atoms with van der Waals surface area (Å²) in [5.41, 5.74) is -0.0831. The lowest BCUT2D eigenvalue weighted by molar-refractivity contribution is -0.144. The van der Waals surface area contributed by atoms with Crippen LogP contribution < -0.4 is 10.6 Å². The molecule has 202 valence electrons. The molecule has 1 saturated carbocycles. The molecule has 1 aromatic rings. The van der Waals surface area contributed by atoms with E-state index in [2.05, 4.69) is 22.5 Å². The van der Waals surface area contributed by atoms with Crippen molar-refractivity contribution in [3.8, 4) is 0 Å². The lowest BCUT2D eigenvalue weighted by Gasteiger charge is -2.58. The van der Waals surface area contributed by atoms with Crippen molar-refractivity contribution in [3.05, 3.63) is 10.6 Å². The molecule has 1 aromatic heterocycles. The summed E-state index contributed by atoms with van der Waals surface area (Å²) in [5.74, 6) is 0.0844. The number of thioether (sulfide) groups is 1. The zero-order chi connectivity index (χ0) is 25.9. The first-order valence-corrected chi connectivity index (χ1v) is 15.1. The Hall–Kier alpha value is -1.24. The van der Waals surface area contributed by atoms with E-state index in [9.17, 15) is 19.8 Å². The van der Waals surface area contributed by atoms with Gasteiger partial charge in [0.15, 0.2) is 5.13 Å². The molecule has 2 heterocycles. The molecule has 2 fully saturated rings. The van der Waals surface area contributed by atoms with Gasteiger partial charge in [0, 0.05) is 48.8 Å². The number of fused-ring (bicyclic) bond motifs is 2. The highest BCUT2D eigenvalue weighted by molar-refractivity contribution is 7.99. The Morgan fingerprint density at radius 1 is 1.28 bits per heavy atom. The van der Waals surface area contributed by atoms with Gasteiger partial charge in [0.1, 0.15) is 0 Å². The van der Waals surface area contributed by atoms with Crippen molar-refractivity contribution >= 4 is 40.0 Å². The van der Waals surface area contributed by atoms with Crippen LogP contribution in [0.3, 0.4) is 0 Å². The largest absolute Gasteiger partial charge is 0.396 e. The van der Waals surface area contributed by atoms with E-state index in [1.54, 1.807) is 0 Å². The first-order valence-electron chi connectivity index (χ1n) is 12.9. The molecule has 36 heavy (non-hydrogen) atoms. The van der Waals surface area contributed by atoms with Crippen LogP contribution >= 0.6 is 23.1 Å². The number of ether oxygens (including phenoxy) is 1. The molecule has 0 spiro atoms. The standard InChI is InChI=1S/C25H40N4O5S2/c1-24-5-4-19(31)25(2,15-30)18(24)13-17-22(28-23(36-17)27-21(33)14-35-3)16(24)12-20(32)26-6-7-29-8-10-34-11-9-29/h16,18-19,30-31H,4-15H2,1-3H3,(H,26,32)(H,27,28,33)/t16-,18+,19-,24+,25+/m1/s1. The number of amides is 2. The number of aliphatic hydroxyl groups excluding tert-OH is 2. The third kappa shape index (κ3) is 5.61. The lowest BCUT2D eigenvalue weighted by Crippen LogP contribution is -2.57. The minimum absolute atomic E-state index is 0.00685. The fraction of sp³-hybridized carbons (Fsp3) is 0.800. The Labute approximate surface area is 221 Å². The number of anilines is 1. The monoisotopic (exact) mass is 540 g/mol. The van der Waals surface area contributed by atoms with Gasteiger partial charge in [-0.15, -0.1) is 11.3 Å². The normalized spacial score (nSPS) is 32.4. The van der Waals surface area contributed by atoms with Crippen molar-refractivity contribution in [3.63, 3.8) is 0 Å². The van der Waals surface area contributed by atoms with Crippen molar-refractivity contribution in [2.45, 2.75) is 51.6 Å². The summed E-state index contributed by atoms with van der Waals surface area (Å²) >= 11 is 2.91. The van der Waals surface area contributed by atoms with Gasteiger partial charge in [-0.3, -0.25) is 14.5 Å². The second-order valence-electron chi connectivity index (χ2n) is 10.9. The van der Waals surface area contributed by atoms with Gasteiger partial charge >= 0.3 is 0 Å². The van der Waals surface area contributed by atoms with E-state index >= 15 is 0 Å². The topological polar surface area (TPSA) is 124 Å². The number of hydrogen-bond donors (Lipinski definition) is 4. The minimum Gasteiger partial charge on any atom is -0.396 e. The quantitative estimate of drug-likeness (QED) is 0.373. The molecule has 1 aliphatic heterocycles. The number of nitrogens with zero attached hydrogens (tertiary/aromatic N) is 2. The van der Waals surface area contributed by atoms with Crippen molar-refractivity contribution in [2.24, 2.45) is 16.7 Å². The number of hydrogen-bond acceptors (Lipinski definition) is 9. The third-order valence-corrected chi connectivity index (χ3v) is 10.2. The number of rotatable bonds is 9. The highest BCUT2D eigenvalue weighted by atomic mass is 32.2. The molecule has 0 unspecified atom stereocenters. The Morgan fingerprint density at radius 3 is 2.72 bits per heavy atom. The Bertz CT molecular complexity index is 940. The molecule has 0 radical (unpaired) electrons. The third-order valence-electron chi connectivity index (χ3n) is 8.66. The van der Waals surface area contributed by atoms with Gasteiger partial charge in [-0.2, -0.15) is 11.8 Å². The van der Waals surface area contributed by atoms with Crippen LogP contribution in [0.1, 0.15) is 49.6 Å². The van der Waals surface area contributed by atoms with Crippen LogP contribution in [-0.4, -0.2) is 96.0 Å². The van der Waals surface area contributed by atoms with E-state index in [0.29, 0.717) is 36.7 Å². The van der Waals surface area contributed by atoms with Gasteiger partial charge in [0.05, 0.1) is 37.4 Å². The predicted octanol–water partition coefficient (Wildman–Crippen LogP) is 1.70. The molecule has 9 nitrogen and oxygen atoms in total. The Kier molecular flexibility index (Phi) is 8.99. The van der Waals surface area contributed by atoms with Crippen LogP contribution in [0.2, 0.25) is 0 Å². The van der Waals surface area contributed by atoms with E-state index in [4.69, 9.17) is 9.72 Å². The molecular weight excluding hydrogens is 500 g/mol. The number of carbonyl (C=O) groups excluding carboxylic acids is 2. The van der Waals surface area contributed by atoms with Crippen molar-refractivity contribution < 1.29 is 24.5 Å². The highest BCUT2D eigenvalue weighted by Gasteiger charge is 2.59. The predicted molar refractivity (Wildman–Crippen MR) is 142 cm³/mol. The molecular formula is C25H40N4O5S2. The molecule has 5 atom stereocenters. The molecule has 0 bridgehead atoms. The number of nitrogens with one attached hydrogen (secondary N) is 2. The maximum atomic E-state index is 13.2. The number of aliphatic hydroxyl groups is 2. The van der Waals surface area contributed by atoms with Gasteiger partial charge in [-0.25, -0.2) is 4.98 Å². The lowest BCUT2D eigenvalue weighted by atomic mass is 9.47. The average Bonchev–Trinajstić information content (AvgIpc) is 3.25. The summed E-state index contributed by atoms with van der Waals surface area (Å²) in [5, 5.41) is 27.9. The summed E-state index contributed by atoms with van der Waals surface area (Å²) in [6, 6.07) is 0. The Balaban J connectivity index is 1.56. The first-order chi connectivity index (χ1) is 17.2. The zero-order valence-electron chi connectivity index (χ0n) is 21.5. The zero-order valence-corrected chi connectivity index (χ0v) is 23.2. The molecule has 4 N–H and O–H groups in total. The van der Waals surface area contributed by atoms with Crippen LogP contribution in [0.25, 0.3) is 0 Å². The fourth-order valence-electron chi connectivity index (χ4n) is 6.42. The van der Waals surface area contributed by atoms with E-state index in [1.165, 1.54) is 23.1 Å². The highest BCUT2D eigenvalue weighted by Crippen LogP contribution is 2.62. The van der Waals surface area contributed by atoms with Gasteiger partial charge in [-0.1, -0.05) is 13.8 Å². The molecule has 2 aliphatic carbocycles. The molecule has 2 amide bonds. The fourth-order valence-corrected chi connectivity index (χ4v) is 7.84. The minimum atomic E-state index is -0.665. The SMILES string of the molecule is CSCC(=O)Nc1nc2c(s1)C[C@@H]1[C@](C)(CO)[C@H](O)CC[C@@]1(C)[C@@H]2CC(=O)NCCN1CCOCC1. The van der Waals surface area contributed by atoms with Gasteiger partial charge < -0.3 is 25.6 Å². The van der Waals surface area contributed by atoms with Gasteiger partial charge in [-0.05, 0) is 36.9 Å². The van der Waals surface area contributed by atoms with E-state index in [0.717, 1.165) is 49.8 Å². The van der Waals surface area contributed by atoms with E-state index < -0.39 is 11.5 Å². The summed E-state index contributed by atoms with van der Waals surface area (Å²) < 4.78 is 5.40. The molecule has 3 aliphatic rings. The van der Waals surface area contributed by atoms with Crippen molar-refractivity contribution in [1.82, 2.24) is 15.2 Å². The summed E-state index contributed by atoms with van der Waals surface area (Å²) in [6.45, 7) is 8.64. The second-order valence-corrected chi connectivity index (χ2v) is 12.8. The number of aromatic nitrogens is 1. The molecule has 4 rings (SSSR count). The summed E-state index contributed by atoms with van der Waals surface area (Å²) in [7, 11) is 0. The van der Waals surface area contributed by atoms with Crippen molar-refractivity contribution in [1.29, 1.82) is 0 Å². The molecule has 1 saturated heterocycles. The number of thiazole rings is 1. The van der Waals surface area contributed by atoms with Crippen LogP contribution in [-0.2, 0) is 20.7 Å². The maximum absolute atomic E-state index is 13.2. The van der Waals surface area contributed by atoms with Crippen LogP contribution in [0.5, 0.6) is 0 Å². The average molecular weight is 541 g/mol. The maximum Gasteiger partial charge on any atom is 0.236 e. The van der Waals surface area contributed by atoms with Crippen LogP contribution in [0.15, 0.2) is 0 Å². The second kappa shape index (κ2) is 11.7. The van der Waals surface area contributed by atoms with Gasteiger partial charge in [0.25, 0.3) is 0 Å². The number of morpholine rings is 1. The summed E-state index contributed by atoms with van der Waals surface area (Å²) in [6.07, 6.45) is 3.58. The molecule has 0 aromatic carbocycles. The van der Waals surface area contributed by atoms with Crippen molar-refractivity contribution in [2.75, 3.05) is 63.3 Å². The van der Waals surface area contributed by atoms with E-state index in [-0.39, 0.29) is 35.7 Å².